The summed E-state index contributed by atoms with van der Waals surface area (Å²) < 4.78 is 10.7. The number of anilines is 2. The number of carbonyl (C=O) groups excluding carboxylic acids is 1. The minimum Gasteiger partial charge on any atom is -0.497 e. The van der Waals surface area contributed by atoms with Crippen LogP contribution in [-0.4, -0.2) is 25.9 Å². The van der Waals surface area contributed by atoms with Crippen molar-refractivity contribution in [3.05, 3.63) is 48.0 Å². The molecule has 1 amide bonds. The molecule has 6 heteroatoms. The lowest BCUT2D eigenvalue weighted by atomic mass is 10.1. The van der Waals surface area contributed by atoms with Crippen LogP contribution in [0.25, 0.3) is 0 Å². The van der Waals surface area contributed by atoms with Gasteiger partial charge in [0.15, 0.2) is 0 Å². The van der Waals surface area contributed by atoms with E-state index in [1.54, 1.807) is 36.9 Å². The normalized spacial score (nSPS) is 17.4. The van der Waals surface area contributed by atoms with Gasteiger partial charge in [0, 0.05) is 11.8 Å². The molecule has 0 aromatic heterocycles. The van der Waals surface area contributed by atoms with Crippen LogP contribution in [0, 0.1) is 0 Å². The molecule has 0 spiro atoms. The first kappa shape index (κ1) is 15.6. The predicted octanol–water partition coefficient (Wildman–Crippen LogP) is 3.06. The van der Waals surface area contributed by atoms with Crippen LogP contribution in [0.5, 0.6) is 11.5 Å². The first-order valence-electron chi connectivity index (χ1n) is 7.15. The molecule has 1 aliphatic rings. The number of benzene rings is 2. The van der Waals surface area contributed by atoms with E-state index in [0.717, 1.165) is 11.3 Å². The zero-order valence-electron chi connectivity index (χ0n) is 13.0. The van der Waals surface area contributed by atoms with Gasteiger partial charge in [0.05, 0.1) is 25.7 Å². The van der Waals surface area contributed by atoms with E-state index >= 15 is 0 Å². The number of rotatable bonds is 4. The van der Waals surface area contributed by atoms with Gasteiger partial charge in [-0.25, -0.2) is 0 Å². The molecule has 0 saturated carbocycles. The largest absolute Gasteiger partial charge is 0.497 e. The molecular weight excluding hydrogens is 312 g/mol. The molecular formula is C17H18N2O3S. The highest BCUT2D eigenvalue weighted by molar-refractivity contribution is 8.00. The molecule has 2 aromatic rings. The quantitative estimate of drug-likeness (QED) is 0.873. The van der Waals surface area contributed by atoms with Crippen LogP contribution in [0.4, 0.5) is 11.4 Å². The van der Waals surface area contributed by atoms with Crippen molar-refractivity contribution in [2.45, 2.75) is 5.37 Å². The van der Waals surface area contributed by atoms with Crippen molar-refractivity contribution in [3.63, 3.8) is 0 Å². The Morgan fingerprint density at radius 1 is 1.17 bits per heavy atom. The van der Waals surface area contributed by atoms with E-state index < -0.39 is 0 Å². The number of amides is 1. The second kappa shape index (κ2) is 6.42. The van der Waals surface area contributed by atoms with Crippen LogP contribution >= 0.6 is 11.8 Å². The van der Waals surface area contributed by atoms with E-state index in [0.29, 0.717) is 22.9 Å². The highest BCUT2D eigenvalue weighted by Gasteiger charge is 2.35. The zero-order valence-corrected chi connectivity index (χ0v) is 13.8. The Morgan fingerprint density at radius 3 is 2.70 bits per heavy atom. The maximum atomic E-state index is 12.5. The predicted molar refractivity (Wildman–Crippen MR) is 93.1 cm³/mol. The Bertz CT molecular complexity index is 736. The number of nitrogens with two attached hydrogens (primary N) is 1. The number of nitrogen functional groups attached to an aromatic ring is 1. The van der Waals surface area contributed by atoms with Crippen molar-refractivity contribution in [1.82, 2.24) is 0 Å². The van der Waals surface area contributed by atoms with Gasteiger partial charge in [-0.2, -0.15) is 0 Å². The van der Waals surface area contributed by atoms with Crippen LogP contribution in [0.1, 0.15) is 10.9 Å². The molecule has 2 N–H and O–H groups in total. The molecule has 1 heterocycles. The van der Waals surface area contributed by atoms with Gasteiger partial charge in [0.1, 0.15) is 16.9 Å². The standard InChI is InChI=1S/C17H18N2O3S/c1-21-13-6-7-14(15(9-13)22-2)19-16(20)10-23-17(19)11-4-3-5-12(18)8-11/h3-9,17H,10,18H2,1-2H3. The van der Waals surface area contributed by atoms with Crippen molar-refractivity contribution >= 4 is 29.0 Å². The average Bonchev–Trinajstić information content (AvgIpc) is 2.95. The molecule has 120 valence electrons. The lowest BCUT2D eigenvalue weighted by Crippen LogP contribution is -2.28. The van der Waals surface area contributed by atoms with Gasteiger partial charge in [0.2, 0.25) is 5.91 Å². The first-order valence-corrected chi connectivity index (χ1v) is 8.20. The van der Waals surface area contributed by atoms with E-state index in [1.165, 1.54) is 0 Å². The Labute approximate surface area is 139 Å². The van der Waals surface area contributed by atoms with Crippen molar-refractivity contribution in [2.24, 2.45) is 0 Å². The third-order valence-electron chi connectivity index (χ3n) is 3.71. The summed E-state index contributed by atoms with van der Waals surface area (Å²) in [6, 6.07) is 13.1. The monoisotopic (exact) mass is 330 g/mol. The van der Waals surface area contributed by atoms with Crippen LogP contribution in [0.2, 0.25) is 0 Å². The van der Waals surface area contributed by atoms with Crippen LogP contribution < -0.4 is 20.1 Å². The molecule has 2 aromatic carbocycles. The van der Waals surface area contributed by atoms with Crippen molar-refractivity contribution in [3.8, 4) is 11.5 Å². The molecule has 1 aliphatic heterocycles. The number of thioether (sulfide) groups is 1. The second-order valence-corrected chi connectivity index (χ2v) is 6.20. The van der Waals surface area contributed by atoms with Crippen molar-refractivity contribution in [2.75, 3.05) is 30.6 Å². The topological polar surface area (TPSA) is 64.8 Å². The number of hydrogen-bond acceptors (Lipinski definition) is 5. The summed E-state index contributed by atoms with van der Waals surface area (Å²) >= 11 is 1.58. The highest BCUT2D eigenvalue weighted by Crippen LogP contribution is 2.45. The maximum Gasteiger partial charge on any atom is 0.238 e. The molecule has 0 bridgehead atoms. The average molecular weight is 330 g/mol. The molecule has 0 aliphatic carbocycles. The highest BCUT2D eigenvalue weighted by atomic mass is 32.2. The third kappa shape index (κ3) is 2.94. The fraction of sp³-hybridized carbons (Fsp3) is 0.235. The lowest BCUT2D eigenvalue weighted by Gasteiger charge is -2.26. The number of hydrogen-bond donors (Lipinski definition) is 1. The van der Waals surface area contributed by atoms with E-state index in [4.69, 9.17) is 15.2 Å². The van der Waals surface area contributed by atoms with Crippen LogP contribution in [0.15, 0.2) is 42.5 Å². The van der Waals surface area contributed by atoms with Crippen LogP contribution in [0.3, 0.4) is 0 Å². The summed E-state index contributed by atoms with van der Waals surface area (Å²) in [7, 11) is 3.18. The van der Waals surface area contributed by atoms with Gasteiger partial charge in [-0.1, -0.05) is 12.1 Å². The summed E-state index contributed by atoms with van der Waals surface area (Å²) in [6.07, 6.45) is 0. The third-order valence-corrected chi connectivity index (χ3v) is 4.92. The number of methoxy groups -OCH3 is 2. The lowest BCUT2D eigenvalue weighted by molar-refractivity contribution is -0.115. The summed E-state index contributed by atoms with van der Waals surface area (Å²) in [6.45, 7) is 0. The van der Waals surface area contributed by atoms with Gasteiger partial charge in [-0.15, -0.1) is 11.8 Å². The van der Waals surface area contributed by atoms with E-state index in [1.807, 2.05) is 36.4 Å². The Balaban J connectivity index is 2.04. The molecule has 1 fully saturated rings. The number of ether oxygens (including phenoxy) is 2. The van der Waals surface area contributed by atoms with Crippen molar-refractivity contribution in [1.29, 1.82) is 0 Å². The fourth-order valence-corrected chi connectivity index (χ4v) is 3.79. The molecule has 1 atom stereocenters. The van der Waals surface area contributed by atoms with E-state index in [9.17, 15) is 4.79 Å². The van der Waals surface area contributed by atoms with Crippen molar-refractivity contribution < 1.29 is 14.3 Å². The van der Waals surface area contributed by atoms with Gasteiger partial charge < -0.3 is 15.2 Å². The molecule has 1 unspecified atom stereocenters. The van der Waals surface area contributed by atoms with E-state index in [-0.39, 0.29) is 11.3 Å². The maximum absolute atomic E-state index is 12.5. The minimum atomic E-state index is -0.117. The summed E-state index contributed by atoms with van der Waals surface area (Å²) in [5.74, 6) is 1.76. The van der Waals surface area contributed by atoms with Gasteiger partial charge in [0.25, 0.3) is 0 Å². The fourth-order valence-electron chi connectivity index (χ4n) is 2.63. The van der Waals surface area contributed by atoms with Gasteiger partial charge in [-0.3, -0.25) is 9.69 Å². The second-order valence-electron chi connectivity index (χ2n) is 5.14. The minimum absolute atomic E-state index is 0.0471. The summed E-state index contributed by atoms with van der Waals surface area (Å²) in [5, 5.41) is -0.117. The zero-order chi connectivity index (χ0) is 16.4. The number of nitrogens with zero attached hydrogens (tertiary/aromatic N) is 1. The van der Waals surface area contributed by atoms with Crippen LogP contribution in [-0.2, 0) is 4.79 Å². The summed E-state index contributed by atoms with van der Waals surface area (Å²) in [5.41, 5.74) is 8.30. The smallest absolute Gasteiger partial charge is 0.238 e. The molecule has 0 radical (unpaired) electrons. The van der Waals surface area contributed by atoms with E-state index in [2.05, 4.69) is 0 Å². The van der Waals surface area contributed by atoms with Gasteiger partial charge >= 0.3 is 0 Å². The molecule has 5 nitrogen and oxygen atoms in total. The van der Waals surface area contributed by atoms with Gasteiger partial charge in [-0.05, 0) is 29.8 Å². The Morgan fingerprint density at radius 2 is 2.00 bits per heavy atom. The molecule has 3 rings (SSSR count). The summed E-state index contributed by atoms with van der Waals surface area (Å²) in [4.78, 5) is 14.2. The first-order chi connectivity index (χ1) is 11.1. The number of carbonyl (C=O) groups is 1. The Kier molecular flexibility index (Phi) is 4.34. The SMILES string of the molecule is COc1ccc(N2C(=O)CSC2c2cccc(N)c2)c(OC)c1. The molecule has 1 saturated heterocycles. The molecule has 23 heavy (non-hydrogen) atoms. The Hall–Kier alpha value is -2.34.